The van der Waals surface area contributed by atoms with Crippen LogP contribution in [-0.4, -0.2) is 42.0 Å². The van der Waals surface area contributed by atoms with Crippen LogP contribution in [0, 0.1) is 11.8 Å². The molecule has 2 saturated heterocycles. The minimum Gasteiger partial charge on any atom is -0.378 e. The van der Waals surface area contributed by atoms with Crippen molar-refractivity contribution in [3.05, 3.63) is 12.8 Å². The molecule has 2 fully saturated rings. The normalized spacial score (nSPS) is 32.9. The van der Waals surface area contributed by atoms with Gasteiger partial charge in [-0.05, 0) is 51.3 Å². The summed E-state index contributed by atoms with van der Waals surface area (Å²) in [6, 6.07) is 0.713. The first-order valence-electron chi connectivity index (χ1n) is 6.31. The van der Waals surface area contributed by atoms with Crippen molar-refractivity contribution in [1.29, 1.82) is 0 Å². The lowest BCUT2D eigenvalue weighted by Crippen LogP contribution is -2.50. The predicted octanol–water partition coefficient (Wildman–Crippen LogP) is 2.18. The van der Waals surface area contributed by atoms with Gasteiger partial charge < -0.3 is 9.80 Å². The van der Waals surface area contributed by atoms with Gasteiger partial charge in [0.15, 0.2) is 0 Å². The molecule has 2 rings (SSSR count). The maximum absolute atomic E-state index is 3.89. The summed E-state index contributed by atoms with van der Waals surface area (Å²) in [5.41, 5.74) is 0. The Hall–Kier alpha value is -0.500. The fourth-order valence-electron chi connectivity index (χ4n) is 3.05. The predicted molar refractivity (Wildman–Crippen MR) is 64.7 cm³/mol. The van der Waals surface area contributed by atoms with E-state index >= 15 is 0 Å². The zero-order valence-electron chi connectivity index (χ0n) is 10.2. The summed E-state index contributed by atoms with van der Waals surface area (Å²) in [6.07, 6.45) is 4.81. The van der Waals surface area contributed by atoms with Crippen LogP contribution in [-0.2, 0) is 0 Å². The molecule has 0 N–H and O–H groups in total. The van der Waals surface area contributed by atoms with E-state index in [1.54, 1.807) is 0 Å². The SMILES string of the molecule is C=CN1CCC2CCN(C(C)C)CC2C1. The van der Waals surface area contributed by atoms with Crippen molar-refractivity contribution in [2.75, 3.05) is 26.2 Å². The number of rotatable bonds is 2. The Morgan fingerprint density at radius 2 is 1.87 bits per heavy atom. The molecule has 2 aliphatic heterocycles. The van der Waals surface area contributed by atoms with E-state index in [4.69, 9.17) is 0 Å². The Morgan fingerprint density at radius 1 is 1.13 bits per heavy atom. The van der Waals surface area contributed by atoms with E-state index in [-0.39, 0.29) is 0 Å². The number of hydrogen-bond acceptors (Lipinski definition) is 2. The molecule has 0 bridgehead atoms. The van der Waals surface area contributed by atoms with Crippen molar-refractivity contribution in [2.45, 2.75) is 32.7 Å². The molecule has 2 heteroatoms. The average molecular weight is 208 g/mol. The fraction of sp³-hybridized carbons (Fsp3) is 0.846. The lowest BCUT2D eigenvalue weighted by atomic mass is 9.80. The fourth-order valence-corrected chi connectivity index (χ4v) is 3.05. The van der Waals surface area contributed by atoms with E-state index in [9.17, 15) is 0 Å². The smallest absolute Gasteiger partial charge is 0.0215 e. The lowest BCUT2D eigenvalue weighted by Gasteiger charge is -2.45. The molecule has 0 spiro atoms. The summed E-state index contributed by atoms with van der Waals surface area (Å²) >= 11 is 0. The minimum absolute atomic E-state index is 0.713. The molecule has 2 atom stereocenters. The molecule has 0 radical (unpaired) electrons. The molecule has 86 valence electrons. The summed E-state index contributed by atoms with van der Waals surface area (Å²) in [6.45, 7) is 13.6. The van der Waals surface area contributed by atoms with Crippen molar-refractivity contribution in [3.8, 4) is 0 Å². The molecule has 0 saturated carbocycles. The van der Waals surface area contributed by atoms with Crippen LogP contribution in [0.3, 0.4) is 0 Å². The Kier molecular flexibility index (Phi) is 3.35. The molecular weight excluding hydrogens is 184 g/mol. The summed E-state index contributed by atoms with van der Waals surface area (Å²) in [5.74, 6) is 1.86. The van der Waals surface area contributed by atoms with E-state index in [2.05, 4.69) is 30.2 Å². The highest BCUT2D eigenvalue weighted by atomic mass is 15.2. The van der Waals surface area contributed by atoms with Gasteiger partial charge in [0.1, 0.15) is 0 Å². The molecule has 2 aliphatic rings. The maximum atomic E-state index is 3.89. The summed E-state index contributed by atoms with van der Waals surface area (Å²) in [7, 11) is 0. The van der Waals surface area contributed by atoms with Crippen LogP contribution in [0.1, 0.15) is 26.7 Å². The lowest BCUT2D eigenvalue weighted by molar-refractivity contribution is 0.0447. The van der Waals surface area contributed by atoms with Gasteiger partial charge in [-0.15, -0.1) is 0 Å². The molecule has 2 nitrogen and oxygen atoms in total. The third-order valence-corrected chi connectivity index (χ3v) is 4.17. The minimum atomic E-state index is 0.713. The monoisotopic (exact) mass is 208 g/mol. The van der Waals surface area contributed by atoms with Crippen LogP contribution < -0.4 is 0 Å². The Bertz CT molecular complexity index is 225. The van der Waals surface area contributed by atoms with Crippen molar-refractivity contribution < 1.29 is 0 Å². The van der Waals surface area contributed by atoms with Crippen LogP contribution in [0.25, 0.3) is 0 Å². The highest BCUT2D eigenvalue weighted by molar-refractivity contribution is 4.90. The van der Waals surface area contributed by atoms with Crippen molar-refractivity contribution in [1.82, 2.24) is 9.80 Å². The number of piperidine rings is 2. The third kappa shape index (κ3) is 2.36. The zero-order chi connectivity index (χ0) is 10.8. The summed E-state index contributed by atoms with van der Waals surface area (Å²) in [5, 5.41) is 0. The number of fused-ring (bicyclic) bond motifs is 1. The largest absolute Gasteiger partial charge is 0.378 e. The van der Waals surface area contributed by atoms with Gasteiger partial charge in [-0.3, -0.25) is 0 Å². The Labute approximate surface area is 93.9 Å². The quantitative estimate of drug-likeness (QED) is 0.686. The Balaban J connectivity index is 1.94. The molecule has 0 aromatic heterocycles. The van der Waals surface area contributed by atoms with Crippen LogP contribution in [0.5, 0.6) is 0 Å². The van der Waals surface area contributed by atoms with Crippen molar-refractivity contribution in [3.63, 3.8) is 0 Å². The van der Waals surface area contributed by atoms with Gasteiger partial charge in [-0.1, -0.05) is 6.58 Å². The van der Waals surface area contributed by atoms with E-state index in [1.165, 1.54) is 39.0 Å². The topological polar surface area (TPSA) is 6.48 Å². The first-order chi connectivity index (χ1) is 7.20. The number of hydrogen-bond donors (Lipinski definition) is 0. The van der Waals surface area contributed by atoms with Crippen LogP contribution in [0.4, 0.5) is 0 Å². The standard InChI is InChI=1S/C13H24N2/c1-4-14-7-5-12-6-8-15(11(2)3)10-13(12)9-14/h4,11-13H,1,5-10H2,2-3H3. The highest BCUT2D eigenvalue weighted by Crippen LogP contribution is 2.31. The zero-order valence-corrected chi connectivity index (χ0v) is 10.2. The van der Waals surface area contributed by atoms with Gasteiger partial charge in [0.2, 0.25) is 0 Å². The van der Waals surface area contributed by atoms with Gasteiger partial charge >= 0.3 is 0 Å². The second kappa shape index (κ2) is 4.56. The summed E-state index contributed by atoms with van der Waals surface area (Å²) in [4.78, 5) is 5.03. The first-order valence-corrected chi connectivity index (χ1v) is 6.31. The van der Waals surface area contributed by atoms with E-state index in [0.29, 0.717) is 6.04 Å². The molecule has 0 aliphatic carbocycles. The first kappa shape index (κ1) is 11.0. The van der Waals surface area contributed by atoms with Crippen molar-refractivity contribution >= 4 is 0 Å². The molecule has 0 aromatic rings. The van der Waals surface area contributed by atoms with E-state index in [0.717, 1.165) is 11.8 Å². The highest BCUT2D eigenvalue weighted by Gasteiger charge is 2.33. The van der Waals surface area contributed by atoms with Crippen LogP contribution in [0.2, 0.25) is 0 Å². The van der Waals surface area contributed by atoms with Crippen LogP contribution >= 0.6 is 0 Å². The van der Waals surface area contributed by atoms with Gasteiger partial charge in [0.25, 0.3) is 0 Å². The Morgan fingerprint density at radius 3 is 2.53 bits per heavy atom. The molecular formula is C13H24N2. The molecule has 0 aromatic carbocycles. The number of likely N-dealkylation sites (tertiary alicyclic amines) is 2. The third-order valence-electron chi connectivity index (χ3n) is 4.17. The summed E-state index contributed by atoms with van der Waals surface area (Å²) < 4.78 is 0. The van der Waals surface area contributed by atoms with Crippen LogP contribution in [0.15, 0.2) is 12.8 Å². The molecule has 15 heavy (non-hydrogen) atoms. The van der Waals surface area contributed by atoms with Gasteiger partial charge in [0, 0.05) is 25.7 Å². The molecule has 2 unspecified atom stereocenters. The van der Waals surface area contributed by atoms with Gasteiger partial charge in [-0.2, -0.15) is 0 Å². The van der Waals surface area contributed by atoms with Gasteiger partial charge in [-0.25, -0.2) is 0 Å². The molecule has 0 amide bonds. The average Bonchev–Trinajstić information content (AvgIpc) is 2.27. The molecule has 2 heterocycles. The maximum Gasteiger partial charge on any atom is 0.0215 e. The van der Waals surface area contributed by atoms with Crippen molar-refractivity contribution in [2.24, 2.45) is 11.8 Å². The van der Waals surface area contributed by atoms with E-state index < -0.39 is 0 Å². The number of nitrogens with zero attached hydrogens (tertiary/aromatic N) is 2. The van der Waals surface area contributed by atoms with E-state index in [1.807, 2.05) is 6.20 Å². The van der Waals surface area contributed by atoms with Gasteiger partial charge in [0.05, 0.1) is 0 Å². The second-order valence-electron chi connectivity index (χ2n) is 5.36. The second-order valence-corrected chi connectivity index (χ2v) is 5.36.